The molecule has 0 spiro atoms. The zero-order chi connectivity index (χ0) is 38.3. The maximum absolute atomic E-state index is 12.4. The molecule has 51 heavy (non-hydrogen) atoms. The van der Waals surface area contributed by atoms with Crippen molar-refractivity contribution >= 4 is 47.1 Å². The van der Waals surface area contributed by atoms with Crippen LogP contribution in [-0.4, -0.2) is 105 Å². The molecule has 0 unspecified atom stereocenters. The van der Waals surface area contributed by atoms with Gasteiger partial charge in [-0.2, -0.15) is 0 Å². The number of benzene rings is 2. The van der Waals surface area contributed by atoms with Gasteiger partial charge in [-0.3, -0.25) is 38.6 Å². The molecule has 2 aromatic rings. The van der Waals surface area contributed by atoms with Crippen LogP contribution >= 0.6 is 0 Å². The molecular weight excluding hydrogens is 700 g/mol. The number of amides is 2. The molecule has 0 saturated carbocycles. The molecule has 2 rings (SSSR count). The van der Waals surface area contributed by atoms with Crippen LogP contribution in [-0.2, 0) is 46.1 Å². The van der Waals surface area contributed by atoms with Crippen LogP contribution in [0.2, 0.25) is 0 Å². The number of carbonyl (C=O) groups is 6. The van der Waals surface area contributed by atoms with E-state index in [9.17, 15) is 28.8 Å². The predicted octanol–water partition coefficient (Wildman–Crippen LogP) is 4.68. The molecular formula is C36H52CrN4O10+3. The fourth-order valence-electron chi connectivity index (χ4n) is 5.26. The van der Waals surface area contributed by atoms with Crippen LogP contribution in [0.3, 0.4) is 0 Å². The van der Waals surface area contributed by atoms with Gasteiger partial charge in [-0.05, 0) is 45.9 Å². The Labute approximate surface area is 310 Å². The molecule has 0 aliphatic carbocycles. The van der Waals surface area contributed by atoms with E-state index in [0.29, 0.717) is 0 Å². The van der Waals surface area contributed by atoms with Gasteiger partial charge in [0.05, 0.1) is 39.3 Å². The van der Waals surface area contributed by atoms with Crippen molar-refractivity contribution in [1.29, 1.82) is 0 Å². The van der Waals surface area contributed by atoms with Crippen molar-refractivity contribution in [2.45, 2.75) is 79.1 Å². The standard InChI is InChI=1S/2C18H26N2O5.Cr/c2*1-11(2)13-6-5-7-14(12(3)4)18(13)19-15(21)8-20(9-16(22)23)10-17(24)25;/h2*5-7,11-12H,8-10H2,1-4H3,(H,19,21)(H,22,23)(H,24,25);/q;;+3. The topological polar surface area (TPSA) is 214 Å². The molecule has 0 saturated heterocycles. The van der Waals surface area contributed by atoms with Gasteiger partial charge in [0.15, 0.2) is 0 Å². The first-order valence-electron chi connectivity index (χ1n) is 16.4. The van der Waals surface area contributed by atoms with E-state index in [1.54, 1.807) is 0 Å². The van der Waals surface area contributed by atoms with Gasteiger partial charge >= 0.3 is 41.2 Å². The smallest absolute Gasteiger partial charge is 0.480 e. The number of nitrogens with one attached hydrogen (secondary N) is 2. The summed E-state index contributed by atoms with van der Waals surface area (Å²) in [6.45, 7) is 13.5. The Morgan fingerprint density at radius 3 is 0.863 bits per heavy atom. The van der Waals surface area contributed by atoms with E-state index in [1.807, 2.05) is 91.8 Å². The Hall–Kier alpha value is -4.29. The number of nitrogens with zero attached hydrogens (tertiary/aromatic N) is 2. The molecule has 15 heteroatoms. The summed E-state index contributed by atoms with van der Waals surface area (Å²) in [6.07, 6.45) is 0. The second kappa shape index (κ2) is 22.5. The molecule has 0 atom stereocenters. The molecule has 6 N–H and O–H groups in total. The minimum Gasteiger partial charge on any atom is -0.480 e. The molecule has 279 valence electrons. The monoisotopic (exact) mass is 752 g/mol. The van der Waals surface area contributed by atoms with Gasteiger partial charge in [0.1, 0.15) is 0 Å². The zero-order valence-corrected chi connectivity index (χ0v) is 31.8. The summed E-state index contributed by atoms with van der Waals surface area (Å²) in [7, 11) is 0. The predicted molar refractivity (Wildman–Crippen MR) is 190 cm³/mol. The van der Waals surface area contributed by atoms with E-state index in [-0.39, 0.29) is 54.1 Å². The van der Waals surface area contributed by atoms with Gasteiger partial charge in [-0.1, -0.05) is 91.8 Å². The summed E-state index contributed by atoms with van der Waals surface area (Å²) < 4.78 is 0. The number of hydrogen-bond acceptors (Lipinski definition) is 8. The van der Waals surface area contributed by atoms with Crippen LogP contribution in [0.25, 0.3) is 0 Å². The Bertz CT molecular complexity index is 1310. The molecule has 1 radical (unpaired) electrons. The third-order valence-corrected chi connectivity index (χ3v) is 7.44. The van der Waals surface area contributed by atoms with Gasteiger partial charge in [-0.25, -0.2) is 0 Å². The fourth-order valence-corrected chi connectivity index (χ4v) is 5.26. The molecule has 0 aliphatic heterocycles. The first-order chi connectivity index (χ1) is 23.2. The number of hydrogen-bond donors (Lipinski definition) is 6. The summed E-state index contributed by atoms with van der Waals surface area (Å²) in [5, 5.41) is 41.2. The maximum atomic E-state index is 12.4. The second-order valence-electron chi connectivity index (χ2n) is 13.2. The number of anilines is 2. The van der Waals surface area contributed by atoms with E-state index in [2.05, 4.69) is 10.6 Å². The summed E-state index contributed by atoms with van der Waals surface area (Å²) in [4.78, 5) is 70.4. The number of carboxylic acid groups (broad SMARTS) is 4. The van der Waals surface area contributed by atoms with Crippen LogP contribution in [0.15, 0.2) is 36.4 Å². The van der Waals surface area contributed by atoms with Crippen molar-refractivity contribution < 1.29 is 66.6 Å². The number of para-hydroxylation sites is 2. The van der Waals surface area contributed by atoms with Crippen molar-refractivity contribution in [3.05, 3.63) is 58.7 Å². The summed E-state index contributed by atoms with van der Waals surface area (Å²) in [5.41, 5.74) is 5.40. The largest absolute Gasteiger partial charge is 3.00 e. The molecule has 0 fully saturated rings. The Balaban J connectivity index is 0.000000962. The zero-order valence-electron chi connectivity index (χ0n) is 30.6. The average Bonchev–Trinajstić information content (AvgIpc) is 2.95. The van der Waals surface area contributed by atoms with Crippen molar-refractivity contribution in [3.8, 4) is 0 Å². The minimum atomic E-state index is -1.18. The maximum Gasteiger partial charge on any atom is 3.00 e. The van der Waals surface area contributed by atoms with Crippen molar-refractivity contribution in [2.75, 3.05) is 49.9 Å². The van der Waals surface area contributed by atoms with Gasteiger partial charge in [0.2, 0.25) is 11.8 Å². The number of carbonyl (C=O) groups excluding carboxylic acids is 2. The average molecular weight is 753 g/mol. The van der Waals surface area contributed by atoms with Crippen molar-refractivity contribution in [1.82, 2.24) is 9.80 Å². The fraction of sp³-hybridized carbons (Fsp3) is 0.500. The summed E-state index contributed by atoms with van der Waals surface area (Å²) in [5.74, 6) is -4.80. The van der Waals surface area contributed by atoms with Gasteiger partial charge in [0, 0.05) is 11.4 Å². The summed E-state index contributed by atoms with van der Waals surface area (Å²) in [6, 6.07) is 11.7. The second-order valence-corrected chi connectivity index (χ2v) is 13.2. The molecule has 14 nitrogen and oxygen atoms in total. The molecule has 0 bridgehead atoms. The van der Waals surface area contributed by atoms with Crippen molar-refractivity contribution in [3.63, 3.8) is 0 Å². The first kappa shape index (κ1) is 46.7. The third kappa shape index (κ3) is 17.0. The molecule has 2 aromatic carbocycles. The van der Waals surface area contributed by atoms with Gasteiger partial charge < -0.3 is 31.1 Å². The van der Waals surface area contributed by atoms with Crippen LogP contribution < -0.4 is 10.6 Å². The van der Waals surface area contributed by atoms with Crippen LogP contribution in [0.1, 0.15) is 101 Å². The minimum absolute atomic E-state index is 0. The van der Waals surface area contributed by atoms with Crippen LogP contribution in [0.5, 0.6) is 0 Å². The van der Waals surface area contributed by atoms with E-state index < -0.39 is 61.9 Å². The number of aliphatic carboxylic acids is 4. The molecule has 0 aromatic heterocycles. The Morgan fingerprint density at radius 1 is 0.471 bits per heavy atom. The third-order valence-electron chi connectivity index (χ3n) is 7.44. The Morgan fingerprint density at radius 2 is 0.686 bits per heavy atom. The number of carboxylic acids is 4. The quantitative estimate of drug-likeness (QED) is 0.122. The first-order valence-corrected chi connectivity index (χ1v) is 16.4. The van der Waals surface area contributed by atoms with E-state index >= 15 is 0 Å². The van der Waals surface area contributed by atoms with Gasteiger partial charge in [0.25, 0.3) is 0 Å². The van der Waals surface area contributed by atoms with E-state index in [0.717, 1.165) is 43.4 Å². The van der Waals surface area contributed by atoms with Crippen LogP contribution in [0.4, 0.5) is 11.4 Å². The number of rotatable bonds is 18. The summed E-state index contributed by atoms with van der Waals surface area (Å²) >= 11 is 0. The Kier molecular flexibility index (Phi) is 20.6. The van der Waals surface area contributed by atoms with E-state index in [4.69, 9.17) is 20.4 Å². The normalized spacial score (nSPS) is 10.9. The van der Waals surface area contributed by atoms with Gasteiger partial charge in [-0.15, -0.1) is 0 Å². The molecule has 2 amide bonds. The van der Waals surface area contributed by atoms with Crippen LogP contribution in [0, 0.1) is 0 Å². The van der Waals surface area contributed by atoms with E-state index in [1.165, 1.54) is 0 Å². The molecule has 0 heterocycles. The van der Waals surface area contributed by atoms with Crippen molar-refractivity contribution in [2.24, 2.45) is 0 Å². The SMILES string of the molecule is CC(C)c1cccc(C(C)C)c1NC(=O)CN(CC(=O)O)CC(=O)O.CC(C)c1cccc(C(C)C)c1NC(=O)CN(CC(=O)O)CC(=O)O.[Cr+3]. The molecule has 0 aliphatic rings.